The van der Waals surface area contributed by atoms with Crippen molar-refractivity contribution in [2.75, 3.05) is 37.8 Å². The Labute approximate surface area is 189 Å². The van der Waals surface area contributed by atoms with Crippen molar-refractivity contribution >= 4 is 17.2 Å². The molecule has 32 heavy (non-hydrogen) atoms. The first-order valence-corrected chi connectivity index (χ1v) is 11.3. The first kappa shape index (κ1) is 22.3. The fourth-order valence-electron chi connectivity index (χ4n) is 4.32. The van der Waals surface area contributed by atoms with Crippen LogP contribution in [0.3, 0.4) is 0 Å². The number of nitrogens with zero attached hydrogens (tertiary/aromatic N) is 3. The van der Waals surface area contributed by atoms with E-state index in [4.69, 9.17) is 19.3 Å². The summed E-state index contributed by atoms with van der Waals surface area (Å²) in [6, 6.07) is 8.23. The van der Waals surface area contributed by atoms with Crippen LogP contribution < -0.4 is 4.90 Å². The van der Waals surface area contributed by atoms with E-state index in [1.807, 2.05) is 25.1 Å². The Balaban J connectivity index is 1.55. The number of allylic oxidation sites excluding steroid dienone is 3. The van der Waals surface area contributed by atoms with Gasteiger partial charge >= 0.3 is 5.97 Å². The highest BCUT2D eigenvalue weighted by Gasteiger charge is 2.39. The SMILES string of the molecule is C=C/C=C(\CC)c1nn(-c2ccc(N3CCC4(CC3)OCCO4)cc2)cc1C(=O)OCC. The molecule has 0 aliphatic carbocycles. The van der Waals surface area contributed by atoms with Crippen molar-refractivity contribution in [3.8, 4) is 5.69 Å². The maximum atomic E-state index is 12.5. The molecule has 0 saturated carbocycles. The second-order valence-electron chi connectivity index (χ2n) is 7.95. The van der Waals surface area contributed by atoms with Gasteiger partial charge in [-0.25, -0.2) is 9.48 Å². The molecule has 4 rings (SSSR count). The van der Waals surface area contributed by atoms with E-state index in [1.165, 1.54) is 0 Å². The van der Waals surface area contributed by atoms with E-state index in [-0.39, 0.29) is 11.8 Å². The molecule has 2 aromatic rings. The van der Waals surface area contributed by atoms with Gasteiger partial charge in [0.05, 0.1) is 25.5 Å². The summed E-state index contributed by atoms with van der Waals surface area (Å²) in [6.45, 7) is 11.1. The lowest BCUT2D eigenvalue weighted by Gasteiger charge is -2.38. The van der Waals surface area contributed by atoms with Gasteiger partial charge in [-0.15, -0.1) is 0 Å². The van der Waals surface area contributed by atoms with E-state index in [9.17, 15) is 4.79 Å². The van der Waals surface area contributed by atoms with Crippen LogP contribution in [0.15, 0.2) is 49.2 Å². The molecule has 0 radical (unpaired) electrons. The number of ether oxygens (including phenoxy) is 3. The third-order valence-corrected chi connectivity index (χ3v) is 6.03. The summed E-state index contributed by atoms with van der Waals surface area (Å²) in [4.78, 5) is 14.9. The lowest BCUT2D eigenvalue weighted by atomic mass is 10.0. The van der Waals surface area contributed by atoms with Crippen molar-refractivity contribution < 1.29 is 19.0 Å². The van der Waals surface area contributed by atoms with E-state index < -0.39 is 0 Å². The average Bonchev–Trinajstić information content (AvgIpc) is 3.46. The maximum Gasteiger partial charge on any atom is 0.341 e. The first-order chi connectivity index (χ1) is 15.6. The van der Waals surface area contributed by atoms with Gasteiger partial charge in [-0.05, 0) is 43.2 Å². The largest absolute Gasteiger partial charge is 0.462 e. The summed E-state index contributed by atoms with van der Waals surface area (Å²) in [5, 5.41) is 4.72. The zero-order valence-corrected chi connectivity index (χ0v) is 18.9. The third kappa shape index (κ3) is 4.49. The fourth-order valence-corrected chi connectivity index (χ4v) is 4.32. The molecule has 7 heteroatoms. The minimum Gasteiger partial charge on any atom is -0.462 e. The van der Waals surface area contributed by atoms with Gasteiger partial charge < -0.3 is 19.1 Å². The highest BCUT2D eigenvalue weighted by molar-refractivity contribution is 5.94. The molecule has 170 valence electrons. The predicted octanol–water partition coefficient (Wildman–Crippen LogP) is 4.37. The van der Waals surface area contributed by atoms with Crippen molar-refractivity contribution in [1.29, 1.82) is 0 Å². The zero-order valence-electron chi connectivity index (χ0n) is 18.9. The summed E-state index contributed by atoms with van der Waals surface area (Å²) >= 11 is 0. The Bertz CT molecular complexity index is 977. The van der Waals surface area contributed by atoms with Gasteiger partial charge in [-0.2, -0.15) is 5.10 Å². The van der Waals surface area contributed by atoms with E-state index in [2.05, 4.69) is 23.6 Å². The van der Waals surface area contributed by atoms with Gasteiger partial charge in [0.25, 0.3) is 0 Å². The lowest BCUT2D eigenvalue weighted by molar-refractivity contribution is -0.169. The van der Waals surface area contributed by atoms with Crippen LogP contribution in [0.5, 0.6) is 0 Å². The van der Waals surface area contributed by atoms with Crippen molar-refractivity contribution in [2.24, 2.45) is 0 Å². The Morgan fingerprint density at radius 1 is 1.16 bits per heavy atom. The number of piperidine rings is 1. The summed E-state index contributed by atoms with van der Waals surface area (Å²) in [7, 11) is 0. The maximum absolute atomic E-state index is 12.5. The molecule has 0 unspecified atom stereocenters. The molecule has 2 fully saturated rings. The third-order valence-electron chi connectivity index (χ3n) is 6.03. The second-order valence-corrected chi connectivity index (χ2v) is 7.95. The number of benzene rings is 1. The molecule has 7 nitrogen and oxygen atoms in total. The molecular weight excluding hydrogens is 406 g/mol. The molecular formula is C25H31N3O4. The van der Waals surface area contributed by atoms with E-state index in [0.29, 0.717) is 31.1 Å². The molecule has 2 saturated heterocycles. The molecule has 2 aliphatic heterocycles. The minimum absolute atomic E-state index is 0.317. The van der Waals surface area contributed by atoms with Gasteiger partial charge in [0.2, 0.25) is 0 Å². The molecule has 1 spiro atoms. The monoisotopic (exact) mass is 437 g/mol. The number of carbonyl (C=O) groups is 1. The first-order valence-electron chi connectivity index (χ1n) is 11.3. The zero-order chi connectivity index (χ0) is 22.6. The number of esters is 1. The van der Waals surface area contributed by atoms with Crippen LogP contribution in [-0.4, -0.2) is 54.4 Å². The Kier molecular flexibility index (Phi) is 6.77. The van der Waals surface area contributed by atoms with Crippen LogP contribution in [0, 0.1) is 0 Å². The average molecular weight is 438 g/mol. The van der Waals surface area contributed by atoms with E-state index in [0.717, 1.165) is 49.3 Å². The summed E-state index contributed by atoms with van der Waals surface area (Å²) < 4.78 is 18.7. The van der Waals surface area contributed by atoms with Crippen LogP contribution in [0.1, 0.15) is 49.2 Å². The highest BCUT2D eigenvalue weighted by Crippen LogP contribution is 2.33. The van der Waals surface area contributed by atoms with Crippen molar-refractivity contribution in [1.82, 2.24) is 9.78 Å². The number of anilines is 1. The topological polar surface area (TPSA) is 65.8 Å². The fraction of sp³-hybridized carbons (Fsp3) is 0.440. The highest BCUT2D eigenvalue weighted by atomic mass is 16.7. The van der Waals surface area contributed by atoms with Crippen LogP contribution in [0.2, 0.25) is 0 Å². The smallest absolute Gasteiger partial charge is 0.341 e. The Morgan fingerprint density at radius 3 is 2.41 bits per heavy atom. The molecule has 0 atom stereocenters. The summed E-state index contributed by atoms with van der Waals surface area (Å²) in [5.41, 5.74) is 4.07. The van der Waals surface area contributed by atoms with Crippen molar-refractivity contribution in [2.45, 2.75) is 38.9 Å². The van der Waals surface area contributed by atoms with Gasteiger partial charge in [-0.1, -0.05) is 25.7 Å². The van der Waals surface area contributed by atoms with Gasteiger partial charge in [-0.3, -0.25) is 0 Å². The van der Waals surface area contributed by atoms with Crippen LogP contribution in [-0.2, 0) is 14.2 Å². The number of hydrogen-bond acceptors (Lipinski definition) is 6. The summed E-state index contributed by atoms with van der Waals surface area (Å²) in [5.74, 6) is -0.742. The van der Waals surface area contributed by atoms with E-state index in [1.54, 1.807) is 23.9 Å². The van der Waals surface area contributed by atoms with Crippen LogP contribution >= 0.6 is 0 Å². The molecule has 2 aliphatic rings. The molecule has 0 bridgehead atoms. The molecule has 3 heterocycles. The van der Waals surface area contributed by atoms with Crippen LogP contribution in [0.25, 0.3) is 11.3 Å². The van der Waals surface area contributed by atoms with Gasteiger partial charge in [0.1, 0.15) is 11.3 Å². The van der Waals surface area contributed by atoms with Gasteiger partial charge in [0.15, 0.2) is 5.79 Å². The minimum atomic E-state index is -0.374. The van der Waals surface area contributed by atoms with Crippen molar-refractivity contribution in [3.63, 3.8) is 0 Å². The normalized spacial score (nSPS) is 18.2. The molecule has 1 aromatic heterocycles. The Morgan fingerprint density at radius 2 is 1.81 bits per heavy atom. The van der Waals surface area contributed by atoms with Gasteiger partial charge in [0, 0.05) is 37.8 Å². The number of carbonyl (C=O) groups excluding carboxylic acids is 1. The van der Waals surface area contributed by atoms with E-state index >= 15 is 0 Å². The summed E-state index contributed by atoms with van der Waals surface area (Å²) in [6.07, 6.45) is 7.82. The Hall–Kier alpha value is -2.90. The van der Waals surface area contributed by atoms with Crippen molar-refractivity contribution in [3.05, 3.63) is 60.5 Å². The predicted molar refractivity (Wildman–Crippen MR) is 124 cm³/mol. The number of aromatic nitrogens is 2. The number of rotatable bonds is 7. The molecule has 0 N–H and O–H groups in total. The lowest BCUT2D eigenvalue weighted by Crippen LogP contribution is -2.45. The number of hydrogen-bond donors (Lipinski definition) is 0. The van der Waals surface area contributed by atoms with Crippen LogP contribution in [0.4, 0.5) is 5.69 Å². The quantitative estimate of drug-likeness (QED) is 0.473. The standard InChI is InChI=1S/C25H31N3O4/c1-4-7-19(5-2)23-22(24(29)30-6-3)18-28(26-23)21-10-8-20(9-11-21)27-14-12-25(13-15-27)31-16-17-32-25/h4,7-11,18H,1,5-6,12-17H2,2-3H3/b19-7+. The second kappa shape index (κ2) is 9.71. The molecule has 1 aromatic carbocycles. The molecule has 0 amide bonds.